The molecule has 7 heterocycles. The van der Waals surface area contributed by atoms with E-state index in [4.69, 9.17) is 21.3 Å². The SMILES string of the molecule is Cn1nc(C2CCC(=O)NC2=O)c2cccc(N3CCN(CC4CCN(c5ncc(Cl)c(Nc6ccc7c(c6)c6c(c(=O)n7C)OCC(F)(F)[C@H](C7CC7)N6)n5)CC4)C[C@@H]3C(F)(F)F)c21. The van der Waals surface area contributed by atoms with E-state index in [1.807, 2.05) is 9.80 Å². The molecule has 4 fully saturated rings. The molecule has 3 atom stereocenters. The molecule has 3 N–H and O–H groups in total. The van der Waals surface area contributed by atoms with Crippen LogP contribution < -0.4 is 36.0 Å². The number of aromatic nitrogens is 5. The number of ether oxygens (including phenoxy) is 1. The van der Waals surface area contributed by atoms with Gasteiger partial charge in [0.25, 0.3) is 5.56 Å². The number of nitrogens with zero attached hydrogens (tertiary/aromatic N) is 8. The summed E-state index contributed by atoms with van der Waals surface area (Å²) in [6.45, 7) is 1.08. The first-order chi connectivity index (χ1) is 31.0. The molecule has 0 bridgehead atoms. The first-order valence-electron chi connectivity index (χ1n) is 21.9. The third-order valence-electron chi connectivity index (χ3n) is 13.6. The van der Waals surface area contributed by atoms with Crippen LogP contribution in [0.15, 0.2) is 47.4 Å². The summed E-state index contributed by atoms with van der Waals surface area (Å²) in [5.41, 5.74) is 2.11. The molecule has 15 nitrogen and oxygen atoms in total. The highest BCUT2D eigenvalue weighted by molar-refractivity contribution is 6.33. The zero-order chi connectivity index (χ0) is 45.5. The van der Waals surface area contributed by atoms with Crippen molar-refractivity contribution in [2.24, 2.45) is 25.9 Å². The van der Waals surface area contributed by atoms with Crippen molar-refractivity contribution < 1.29 is 36.3 Å². The van der Waals surface area contributed by atoms with Gasteiger partial charge in [0.1, 0.15) is 11.1 Å². The lowest BCUT2D eigenvalue weighted by atomic mass is 9.92. The number of benzene rings is 2. The normalized spacial score (nSPS) is 23.2. The minimum absolute atomic E-state index is 0.133. The van der Waals surface area contributed by atoms with Gasteiger partial charge in [-0.15, -0.1) is 0 Å². The van der Waals surface area contributed by atoms with Crippen molar-refractivity contribution in [2.45, 2.75) is 68.6 Å². The third-order valence-corrected chi connectivity index (χ3v) is 13.9. The van der Waals surface area contributed by atoms with E-state index in [1.165, 1.54) is 20.3 Å². The number of para-hydroxylation sites is 1. The van der Waals surface area contributed by atoms with Crippen molar-refractivity contribution in [3.05, 3.63) is 63.7 Å². The molecule has 2 amide bonds. The maximum absolute atomic E-state index is 15.2. The van der Waals surface area contributed by atoms with Crippen LogP contribution in [0.3, 0.4) is 0 Å². The molecular formula is C44H47ClF5N11O4. The second-order valence-corrected chi connectivity index (χ2v) is 18.3. The predicted molar refractivity (Wildman–Crippen MR) is 234 cm³/mol. The van der Waals surface area contributed by atoms with Gasteiger partial charge in [0.15, 0.2) is 12.4 Å². The van der Waals surface area contributed by atoms with E-state index in [1.54, 1.807) is 50.5 Å². The summed E-state index contributed by atoms with van der Waals surface area (Å²) >= 11 is 6.60. The van der Waals surface area contributed by atoms with Gasteiger partial charge >= 0.3 is 12.1 Å². The quantitative estimate of drug-likeness (QED) is 0.118. The predicted octanol–water partition coefficient (Wildman–Crippen LogP) is 6.32. The van der Waals surface area contributed by atoms with E-state index >= 15 is 8.78 Å². The molecule has 21 heteroatoms. The Morgan fingerprint density at radius 1 is 0.985 bits per heavy atom. The number of alkyl halides is 5. The first-order valence-corrected chi connectivity index (χ1v) is 22.2. The average molecular weight is 924 g/mol. The molecule has 0 radical (unpaired) electrons. The summed E-state index contributed by atoms with van der Waals surface area (Å²) in [7, 11) is 3.22. The number of nitrogens with one attached hydrogen (secondary N) is 3. The molecule has 1 unspecified atom stereocenters. The monoisotopic (exact) mass is 923 g/mol. The third kappa shape index (κ3) is 8.05. The molecule has 1 saturated carbocycles. The van der Waals surface area contributed by atoms with E-state index < -0.39 is 48.2 Å². The summed E-state index contributed by atoms with van der Waals surface area (Å²) < 4.78 is 83.6. The molecule has 2 aromatic carbocycles. The van der Waals surface area contributed by atoms with Crippen molar-refractivity contribution in [3.63, 3.8) is 0 Å². The number of rotatable bonds is 8. The maximum Gasteiger partial charge on any atom is 0.409 e. The zero-order valence-electron chi connectivity index (χ0n) is 35.6. The summed E-state index contributed by atoms with van der Waals surface area (Å²) in [5, 5.41) is 14.5. The van der Waals surface area contributed by atoms with Crippen molar-refractivity contribution in [2.75, 3.05) is 66.3 Å². The molecule has 3 saturated heterocycles. The molecule has 65 heavy (non-hydrogen) atoms. The Hall–Kier alpha value is -5.76. The largest absolute Gasteiger partial charge is 0.480 e. The van der Waals surface area contributed by atoms with Gasteiger partial charge in [-0.1, -0.05) is 23.7 Å². The molecule has 1 aliphatic carbocycles. The highest BCUT2D eigenvalue weighted by Gasteiger charge is 2.51. The van der Waals surface area contributed by atoms with E-state index in [2.05, 4.69) is 26.0 Å². The van der Waals surface area contributed by atoms with Crippen LogP contribution in [0, 0.1) is 11.8 Å². The second-order valence-electron chi connectivity index (χ2n) is 17.9. The Labute approximate surface area is 374 Å². The summed E-state index contributed by atoms with van der Waals surface area (Å²) in [4.78, 5) is 52.4. The van der Waals surface area contributed by atoms with Crippen LogP contribution in [0.5, 0.6) is 5.75 Å². The fourth-order valence-corrected chi connectivity index (χ4v) is 10.2. The number of carbonyl (C=O) groups excluding carboxylic acids is 2. The number of pyridine rings is 1. The summed E-state index contributed by atoms with van der Waals surface area (Å²) in [5.74, 6) is -4.19. The molecule has 5 aliphatic rings. The number of imide groups is 1. The lowest BCUT2D eigenvalue weighted by Crippen LogP contribution is -2.60. The van der Waals surface area contributed by atoms with Crippen LogP contribution in [0.25, 0.3) is 21.8 Å². The molecule has 4 aliphatic heterocycles. The Morgan fingerprint density at radius 3 is 2.51 bits per heavy atom. The van der Waals surface area contributed by atoms with Gasteiger partial charge < -0.3 is 29.7 Å². The minimum Gasteiger partial charge on any atom is -0.480 e. The number of piperidine rings is 2. The Kier molecular flexibility index (Phi) is 10.8. The van der Waals surface area contributed by atoms with Gasteiger partial charge in [-0.05, 0) is 68.2 Å². The number of aryl methyl sites for hydroxylation is 2. The lowest BCUT2D eigenvalue weighted by Gasteiger charge is -2.45. The van der Waals surface area contributed by atoms with Gasteiger partial charge in [-0.3, -0.25) is 29.3 Å². The Morgan fingerprint density at radius 2 is 1.77 bits per heavy atom. The van der Waals surface area contributed by atoms with E-state index in [-0.39, 0.29) is 60.1 Å². The van der Waals surface area contributed by atoms with Crippen molar-refractivity contribution >= 4 is 74.0 Å². The summed E-state index contributed by atoms with van der Waals surface area (Å²) in [6, 6.07) is 7.37. The first kappa shape index (κ1) is 43.1. The van der Waals surface area contributed by atoms with Gasteiger partial charge in [0.2, 0.25) is 23.5 Å². The number of carbonyl (C=O) groups is 2. The van der Waals surface area contributed by atoms with Gasteiger partial charge in [0.05, 0.1) is 46.3 Å². The molecule has 344 valence electrons. The van der Waals surface area contributed by atoms with E-state index in [0.29, 0.717) is 103 Å². The summed E-state index contributed by atoms with van der Waals surface area (Å²) in [6.07, 6.45) is 0.127. The zero-order valence-corrected chi connectivity index (χ0v) is 36.4. The lowest BCUT2D eigenvalue weighted by molar-refractivity contribution is -0.157. The van der Waals surface area contributed by atoms with Gasteiger partial charge in [0, 0.05) is 76.2 Å². The van der Waals surface area contributed by atoms with Crippen molar-refractivity contribution in [3.8, 4) is 5.75 Å². The number of hydrogen-bond acceptors (Lipinski definition) is 12. The van der Waals surface area contributed by atoms with Crippen LogP contribution >= 0.6 is 11.6 Å². The van der Waals surface area contributed by atoms with Crippen LogP contribution in [0.4, 0.5) is 50.8 Å². The fraction of sp³-hybridized carbons (Fsp3) is 0.500. The smallest absolute Gasteiger partial charge is 0.409 e. The molecule has 3 aromatic heterocycles. The van der Waals surface area contributed by atoms with Crippen molar-refractivity contribution in [1.82, 2.24) is 34.5 Å². The number of piperazine rings is 1. The van der Waals surface area contributed by atoms with Gasteiger partial charge in [-0.2, -0.15) is 23.3 Å². The van der Waals surface area contributed by atoms with E-state index in [9.17, 15) is 27.6 Å². The Bertz CT molecular complexity index is 2770. The fourth-order valence-electron chi connectivity index (χ4n) is 10.1. The standard InChI is InChI=1S/C44H47ClF5N11O4/c1-57-30-10-8-25(18-28(30)35-37(41(57)64)65-22-43(46,47)38(54-35)24-6-7-24)52-39-29(45)19-51-42(55-39)60-14-12-23(13-15-60)20-59-16-17-61(32(21-59)44(48,49)50)31-5-3-4-26-34(56-58(2)36(26)31)27-9-11-33(62)53-40(27)63/h3-5,8,10,18-19,23-24,27,32,38,54H,6-7,9,11-17,20-22H2,1-2H3,(H,51,52,55)(H,53,62,63)/t27?,32-,38+/m1/s1. The van der Waals surface area contributed by atoms with E-state index in [0.717, 1.165) is 0 Å². The maximum atomic E-state index is 15.2. The van der Waals surface area contributed by atoms with Crippen LogP contribution in [0.1, 0.15) is 50.1 Å². The Balaban J connectivity index is 0.812. The number of halogens is 6. The number of amides is 2. The molecule has 5 aromatic rings. The molecule has 0 spiro atoms. The minimum atomic E-state index is -4.53. The highest BCUT2D eigenvalue weighted by Crippen LogP contribution is 2.46. The number of hydrogen-bond donors (Lipinski definition) is 3. The van der Waals surface area contributed by atoms with Gasteiger partial charge in [-0.25, -0.2) is 13.8 Å². The number of anilines is 5. The van der Waals surface area contributed by atoms with Crippen LogP contribution in [-0.2, 0) is 23.7 Å². The number of fused-ring (bicyclic) bond motifs is 4. The van der Waals surface area contributed by atoms with Crippen molar-refractivity contribution in [1.29, 1.82) is 0 Å². The molecular weight excluding hydrogens is 877 g/mol. The van der Waals surface area contributed by atoms with Crippen LogP contribution in [-0.4, -0.2) is 111 Å². The molecule has 10 rings (SSSR count). The van der Waals surface area contributed by atoms with Crippen LogP contribution in [0.2, 0.25) is 5.02 Å². The highest BCUT2D eigenvalue weighted by atomic mass is 35.5. The average Bonchev–Trinajstić information content (AvgIpc) is 4.08. The topological polar surface area (TPSA) is 155 Å². The second kappa shape index (κ2) is 16.3.